The molecule has 1 rings (SSSR count). The number of aliphatic hydroxyl groups is 1. The van der Waals surface area contributed by atoms with E-state index in [4.69, 9.17) is 11.9 Å². The summed E-state index contributed by atoms with van der Waals surface area (Å²) in [5.41, 5.74) is 0.461. The Morgan fingerprint density at radius 2 is 1.92 bits per heavy atom. The van der Waals surface area contributed by atoms with Crippen molar-refractivity contribution in [3.05, 3.63) is 35.9 Å². The fourth-order valence-electron chi connectivity index (χ4n) is 0.814. The Kier molecular flexibility index (Phi) is 5.75. The van der Waals surface area contributed by atoms with Crippen molar-refractivity contribution in [2.24, 2.45) is 0 Å². The topological polar surface area (TPSA) is 46.5 Å². The Hall–Kier alpha value is -0.541. The monoisotopic (exact) mass is 249 g/mol. The smallest absolute Gasteiger partial charge is 0.357 e. The first-order valence-electron chi connectivity index (χ1n) is 3.31. The summed E-state index contributed by atoms with van der Waals surface area (Å²) >= 11 is 4.79. The van der Waals surface area contributed by atoms with Gasteiger partial charge in [-0.2, -0.15) is 0 Å². The Balaban J connectivity index is 0.00000144. The molecule has 0 aliphatic rings. The van der Waals surface area contributed by atoms with Crippen molar-refractivity contribution >= 4 is 17.8 Å². The van der Waals surface area contributed by atoms with Crippen LogP contribution in [0.3, 0.4) is 0 Å². The maximum absolute atomic E-state index is 10.7. The van der Waals surface area contributed by atoms with Crippen LogP contribution >= 0.6 is 11.9 Å². The summed E-state index contributed by atoms with van der Waals surface area (Å²) in [5.74, 6) is -0.872. The molecule has 1 aromatic carbocycles. The molecule has 0 saturated heterocycles. The first-order chi connectivity index (χ1) is 5.75. The van der Waals surface area contributed by atoms with E-state index in [1.54, 1.807) is 30.3 Å². The molecule has 1 atom stereocenters. The minimum absolute atomic E-state index is 0. The molecule has 0 bridgehead atoms. The van der Waals surface area contributed by atoms with E-state index < -0.39 is 12.1 Å². The Morgan fingerprint density at radius 3 is 2.38 bits per heavy atom. The van der Waals surface area contributed by atoms with E-state index in [9.17, 15) is 9.90 Å². The third-order valence-corrected chi connectivity index (χ3v) is 1.57. The van der Waals surface area contributed by atoms with Gasteiger partial charge in [0.25, 0.3) is 0 Å². The molecule has 0 amide bonds. The predicted molar refractivity (Wildman–Crippen MR) is 43.3 cm³/mol. The number of hydrogen-bond donors (Lipinski definition) is 1. The minimum Gasteiger partial charge on any atom is -0.377 e. The van der Waals surface area contributed by atoms with Gasteiger partial charge >= 0.3 is 5.97 Å². The largest absolute Gasteiger partial charge is 0.377 e. The first kappa shape index (κ1) is 12.5. The van der Waals surface area contributed by atoms with Crippen molar-refractivity contribution in [3.63, 3.8) is 0 Å². The maximum Gasteiger partial charge on any atom is 0.357 e. The summed E-state index contributed by atoms with van der Waals surface area (Å²) in [7, 11) is 0. The molecule has 0 unspecified atom stereocenters. The molecular weight excluding hydrogens is 243 g/mol. The summed E-state index contributed by atoms with van der Waals surface area (Å²) in [6, 6.07) is 8.42. The van der Waals surface area contributed by atoms with Crippen molar-refractivity contribution in [1.29, 1.82) is 0 Å². The van der Waals surface area contributed by atoms with Crippen molar-refractivity contribution in [2.45, 2.75) is 6.10 Å². The molecule has 0 heterocycles. The van der Waals surface area contributed by atoms with Gasteiger partial charge in [-0.05, 0) is 5.56 Å². The second-order valence-electron chi connectivity index (χ2n) is 2.21. The number of carbonyl (C=O) groups is 1. The van der Waals surface area contributed by atoms with Crippen LogP contribution in [0.5, 0.6) is 0 Å². The van der Waals surface area contributed by atoms with Gasteiger partial charge in [0.2, 0.25) is 0 Å². The Morgan fingerprint density at radius 1 is 1.38 bits per heavy atom. The maximum atomic E-state index is 10.7. The zero-order valence-electron chi connectivity index (χ0n) is 6.41. The van der Waals surface area contributed by atoms with Crippen LogP contribution in [0.1, 0.15) is 11.7 Å². The molecular formula is C8H7ClCuO3. The third-order valence-electron chi connectivity index (χ3n) is 1.41. The summed E-state index contributed by atoms with van der Waals surface area (Å²) in [4.78, 5) is 10.7. The zero-order chi connectivity index (χ0) is 8.97. The van der Waals surface area contributed by atoms with Crippen LogP contribution in [0.15, 0.2) is 30.3 Å². The van der Waals surface area contributed by atoms with Gasteiger partial charge in [0, 0.05) is 17.1 Å². The van der Waals surface area contributed by atoms with Crippen LogP contribution in [0.25, 0.3) is 0 Å². The molecule has 1 radical (unpaired) electrons. The molecule has 0 aliphatic heterocycles. The summed E-state index contributed by atoms with van der Waals surface area (Å²) in [6.45, 7) is 0. The van der Waals surface area contributed by atoms with Crippen LogP contribution < -0.4 is 0 Å². The van der Waals surface area contributed by atoms with E-state index in [1.807, 2.05) is 0 Å². The van der Waals surface area contributed by atoms with E-state index in [1.165, 1.54) is 0 Å². The van der Waals surface area contributed by atoms with E-state index in [-0.39, 0.29) is 17.1 Å². The van der Waals surface area contributed by atoms with Gasteiger partial charge in [-0.3, -0.25) is 0 Å². The van der Waals surface area contributed by atoms with Gasteiger partial charge in [0.1, 0.15) is 11.9 Å². The third kappa shape index (κ3) is 3.36. The molecule has 75 valence electrons. The molecule has 0 saturated carbocycles. The molecule has 5 heteroatoms. The molecule has 1 N–H and O–H groups in total. The summed E-state index contributed by atoms with van der Waals surface area (Å²) in [6.07, 6.45) is -1.30. The first-order valence-corrected chi connectivity index (χ1v) is 3.62. The van der Waals surface area contributed by atoms with Crippen LogP contribution in [0, 0.1) is 0 Å². The second-order valence-corrected chi connectivity index (χ2v) is 2.36. The number of carbonyl (C=O) groups excluding carboxylic acids is 1. The molecule has 1 aromatic rings. The zero-order valence-corrected chi connectivity index (χ0v) is 8.10. The normalized spacial score (nSPS) is 11.2. The Bertz CT molecular complexity index is 265. The molecule has 3 nitrogen and oxygen atoms in total. The van der Waals surface area contributed by atoms with Gasteiger partial charge in [-0.1, -0.05) is 30.3 Å². The molecule has 13 heavy (non-hydrogen) atoms. The fraction of sp³-hybridized carbons (Fsp3) is 0.125. The summed E-state index contributed by atoms with van der Waals surface area (Å²) < 4.78 is 3.85. The van der Waals surface area contributed by atoms with E-state index in [0.29, 0.717) is 5.56 Å². The van der Waals surface area contributed by atoms with E-state index in [0.717, 1.165) is 0 Å². The van der Waals surface area contributed by atoms with Crippen molar-refractivity contribution in [2.75, 3.05) is 0 Å². The van der Waals surface area contributed by atoms with E-state index >= 15 is 0 Å². The molecule has 0 spiro atoms. The number of hydrogen-bond acceptors (Lipinski definition) is 3. The minimum atomic E-state index is -1.30. The quantitative estimate of drug-likeness (QED) is 0.807. The number of benzene rings is 1. The summed E-state index contributed by atoms with van der Waals surface area (Å²) in [5, 5.41) is 9.23. The molecule has 0 aliphatic carbocycles. The fourth-order valence-corrected chi connectivity index (χ4v) is 0.898. The van der Waals surface area contributed by atoms with Crippen LogP contribution in [0.4, 0.5) is 0 Å². The van der Waals surface area contributed by atoms with Crippen molar-refractivity contribution in [1.82, 2.24) is 0 Å². The van der Waals surface area contributed by atoms with E-state index in [2.05, 4.69) is 4.29 Å². The molecule has 0 aromatic heterocycles. The Labute approximate surface area is 91.3 Å². The average Bonchev–Trinajstić information content (AvgIpc) is 2.17. The van der Waals surface area contributed by atoms with Crippen molar-refractivity contribution < 1.29 is 31.3 Å². The van der Waals surface area contributed by atoms with Gasteiger partial charge in [0.05, 0.1) is 0 Å². The second kappa shape index (κ2) is 6.00. The van der Waals surface area contributed by atoms with Gasteiger partial charge in [-0.15, -0.1) is 0 Å². The number of halogens is 1. The average molecular weight is 250 g/mol. The number of aliphatic hydroxyl groups excluding tert-OH is 1. The number of rotatable bonds is 2. The standard InChI is InChI=1S/C8H7ClO3.Cu/c9-12-8(11)7(10)6-4-2-1-3-5-6;/h1-5,7,10H;/t7-;/m1./s1. The van der Waals surface area contributed by atoms with Crippen LogP contribution in [-0.2, 0) is 26.2 Å². The van der Waals surface area contributed by atoms with Gasteiger partial charge in [-0.25, -0.2) is 4.79 Å². The van der Waals surface area contributed by atoms with Crippen molar-refractivity contribution in [3.8, 4) is 0 Å². The van der Waals surface area contributed by atoms with Crippen LogP contribution in [-0.4, -0.2) is 11.1 Å². The SMILES string of the molecule is O=C(OCl)[C@H](O)c1ccccc1.[Cu]. The van der Waals surface area contributed by atoms with Crippen LogP contribution in [0.2, 0.25) is 0 Å². The predicted octanol–water partition coefficient (Wildman–Crippen LogP) is 1.41. The van der Waals surface area contributed by atoms with Gasteiger partial charge < -0.3 is 9.40 Å². The molecule has 0 fully saturated rings. The van der Waals surface area contributed by atoms with Gasteiger partial charge in [0.15, 0.2) is 6.10 Å².